The molecule has 136 valence electrons. The number of anilines is 1. The molecule has 0 atom stereocenters. The molecule has 25 heavy (non-hydrogen) atoms. The molecule has 2 aromatic heterocycles. The number of nitrogens with zero attached hydrogens (tertiary/aromatic N) is 2. The van der Waals surface area contributed by atoms with Gasteiger partial charge in [-0.25, -0.2) is 8.42 Å². The summed E-state index contributed by atoms with van der Waals surface area (Å²) in [5.74, 6) is -0.577. The molecule has 10 heteroatoms. The zero-order chi connectivity index (χ0) is 18.8. The van der Waals surface area contributed by atoms with Crippen LogP contribution < -0.4 is 10.9 Å². The van der Waals surface area contributed by atoms with Gasteiger partial charge in [0.2, 0.25) is 10.0 Å². The lowest BCUT2D eigenvalue weighted by atomic mass is 10.3. The van der Waals surface area contributed by atoms with E-state index in [4.69, 9.17) is 0 Å². The summed E-state index contributed by atoms with van der Waals surface area (Å²) < 4.78 is 28.4. The van der Waals surface area contributed by atoms with Crippen LogP contribution in [-0.4, -0.2) is 41.3 Å². The van der Waals surface area contributed by atoms with Crippen molar-refractivity contribution in [3.8, 4) is 0 Å². The largest absolute Gasteiger partial charge is 0.345 e. The van der Waals surface area contributed by atoms with Crippen molar-refractivity contribution in [2.45, 2.75) is 18.7 Å². The van der Waals surface area contributed by atoms with E-state index < -0.39 is 21.5 Å². The van der Waals surface area contributed by atoms with E-state index in [1.165, 1.54) is 33.4 Å². The van der Waals surface area contributed by atoms with Crippen LogP contribution in [-0.2, 0) is 17.1 Å². The molecule has 0 radical (unpaired) electrons. The first-order valence-corrected chi connectivity index (χ1v) is 9.80. The second-order valence-electron chi connectivity index (χ2n) is 5.28. The molecule has 0 fully saturated rings. The van der Waals surface area contributed by atoms with Crippen molar-refractivity contribution in [1.82, 2.24) is 13.9 Å². The molecular weight excluding hydrogens is 412 g/mol. The van der Waals surface area contributed by atoms with Gasteiger partial charge >= 0.3 is 0 Å². The van der Waals surface area contributed by atoms with Crippen LogP contribution in [0.4, 0.5) is 5.69 Å². The van der Waals surface area contributed by atoms with Crippen LogP contribution >= 0.6 is 15.9 Å². The van der Waals surface area contributed by atoms with Crippen LogP contribution in [0, 0.1) is 0 Å². The smallest absolute Gasteiger partial charge is 0.272 e. The first-order valence-electron chi connectivity index (χ1n) is 7.56. The normalized spacial score (nSPS) is 11.7. The molecule has 0 aliphatic heterocycles. The molecule has 8 nitrogen and oxygen atoms in total. The minimum Gasteiger partial charge on any atom is -0.345 e. The Morgan fingerprint density at radius 1 is 1.32 bits per heavy atom. The lowest BCUT2D eigenvalue weighted by molar-refractivity contribution is 0.101. The van der Waals surface area contributed by atoms with Gasteiger partial charge in [0.1, 0.15) is 16.3 Å². The fourth-order valence-electron chi connectivity index (χ4n) is 2.35. The van der Waals surface area contributed by atoms with E-state index >= 15 is 0 Å². The van der Waals surface area contributed by atoms with Crippen LogP contribution in [0.2, 0.25) is 0 Å². The van der Waals surface area contributed by atoms with Crippen LogP contribution in [0.3, 0.4) is 0 Å². The second kappa shape index (κ2) is 7.54. The number of H-pyrrole nitrogens is 1. The molecule has 1 amide bonds. The van der Waals surface area contributed by atoms with Crippen molar-refractivity contribution in [3.05, 3.63) is 45.0 Å². The predicted octanol–water partition coefficient (Wildman–Crippen LogP) is 1.76. The molecule has 0 saturated heterocycles. The number of nitrogens with one attached hydrogen (secondary N) is 2. The van der Waals surface area contributed by atoms with Crippen molar-refractivity contribution in [2.24, 2.45) is 7.05 Å². The van der Waals surface area contributed by atoms with E-state index in [0.717, 1.165) is 0 Å². The molecule has 0 spiro atoms. The number of rotatable bonds is 6. The number of sulfonamides is 1. The van der Waals surface area contributed by atoms with E-state index in [-0.39, 0.29) is 16.3 Å². The minimum absolute atomic E-state index is 0.0343. The summed E-state index contributed by atoms with van der Waals surface area (Å²) in [7, 11) is -2.10. The minimum atomic E-state index is -3.67. The fourth-order valence-corrected chi connectivity index (χ4v) is 4.22. The van der Waals surface area contributed by atoms with Crippen molar-refractivity contribution in [3.63, 3.8) is 0 Å². The van der Waals surface area contributed by atoms with Crippen molar-refractivity contribution in [1.29, 1.82) is 0 Å². The van der Waals surface area contributed by atoms with E-state index in [9.17, 15) is 18.0 Å². The Balaban J connectivity index is 2.35. The number of amides is 1. The van der Waals surface area contributed by atoms with Gasteiger partial charge in [0, 0.05) is 37.0 Å². The summed E-state index contributed by atoms with van der Waals surface area (Å²) in [6.45, 7) is 4.17. The number of hydrogen-bond acceptors (Lipinski definition) is 4. The molecule has 0 aliphatic rings. The Morgan fingerprint density at radius 3 is 2.56 bits per heavy atom. The summed E-state index contributed by atoms with van der Waals surface area (Å²) in [6, 6.07) is 2.77. The summed E-state index contributed by atoms with van der Waals surface area (Å²) in [4.78, 5) is 26.7. The van der Waals surface area contributed by atoms with Gasteiger partial charge in [0.05, 0.1) is 0 Å². The van der Waals surface area contributed by atoms with E-state index in [1.807, 2.05) is 0 Å². The molecule has 0 saturated carbocycles. The van der Waals surface area contributed by atoms with Crippen LogP contribution in [0.5, 0.6) is 0 Å². The Kier molecular flexibility index (Phi) is 5.86. The molecule has 0 bridgehead atoms. The number of aromatic nitrogens is 2. The molecular formula is C15H19BrN4O4S. The zero-order valence-electron chi connectivity index (χ0n) is 14.0. The van der Waals surface area contributed by atoms with Crippen molar-refractivity contribution >= 4 is 37.5 Å². The van der Waals surface area contributed by atoms with E-state index in [0.29, 0.717) is 17.6 Å². The Bertz CT molecular complexity index is 945. The highest BCUT2D eigenvalue weighted by molar-refractivity contribution is 9.10. The van der Waals surface area contributed by atoms with Gasteiger partial charge in [-0.3, -0.25) is 9.59 Å². The van der Waals surface area contributed by atoms with Crippen LogP contribution in [0.25, 0.3) is 0 Å². The third-order valence-electron chi connectivity index (χ3n) is 3.67. The summed E-state index contributed by atoms with van der Waals surface area (Å²) in [5.41, 5.74) is -0.263. The summed E-state index contributed by atoms with van der Waals surface area (Å²) in [6.07, 6.45) is 2.84. The fraction of sp³-hybridized carbons (Fsp3) is 0.333. The first-order chi connectivity index (χ1) is 11.7. The van der Waals surface area contributed by atoms with Gasteiger partial charge in [0.25, 0.3) is 11.5 Å². The molecule has 0 unspecified atom stereocenters. The van der Waals surface area contributed by atoms with Gasteiger partial charge in [-0.15, -0.1) is 0 Å². The average molecular weight is 431 g/mol. The highest BCUT2D eigenvalue weighted by Gasteiger charge is 2.25. The zero-order valence-corrected chi connectivity index (χ0v) is 16.4. The topological polar surface area (TPSA) is 104 Å². The Hall–Kier alpha value is -1.91. The predicted molar refractivity (Wildman–Crippen MR) is 98.2 cm³/mol. The molecule has 2 N–H and O–H groups in total. The lowest BCUT2D eigenvalue weighted by Gasteiger charge is -2.17. The maximum atomic E-state index is 12.6. The number of hydrogen-bond donors (Lipinski definition) is 2. The second-order valence-corrected chi connectivity index (χ2v) is 8.13. The maximum Gasteiger partial charge on any atom is 0.272 e. The third kappa shape index (κ3) is 4.02. The molecule has 2 rings (SSSR count). The quantitative estimate of drug-likeness (QED) is 0.727. The van der Waals surface area contributed by atoms with Gasteiger partial charge in [-0.05, 0) is 28.1 Å². The number of aryl methyl sites for hydroxylation is 1. The number of carbonyl (C=O) groups is 1. The number of halogens is 1. The number of carbonyl (C=O) groups excluding carboxylic acids is 1. The maximum absolute atomic E-state index is 12.6. The lowest BCUT2D eigenvalue weighted by Crippen LogP contribution is -2.30. The number of aromatic amines is 1. The van der Waals surface area contributed by atoms with Gasteiger partial charge < -0.3 is 14.9 Å². The van der Waals surface area contributed by atoms with Gasteiger partial charge in [-0.2, -0.15) is 4.31 Å². The molecule has 0 aromatic carbocycles. The monoisotopic (exact) mass is 430 g/mol. The Morgan fingerprint density at radius 2 is 1.96 bits per heavy atom. The van der Waals surface area contributed by atoms with Crippen LogP contribution in [0.1, 0.15) is 24.3 Å². The highest BCUT2D eigenvalue weighted by Crippen LogP contribution is 2.19. The molecule has 0 aliphatic carbocycles. The molecule has 2 heterocycles. The van der Waals surface area contributed by atoms with Gasteiger partial charge in [0.15, 0.2) is 0 Å². The first kappa shape index (κ1) is 19.4. The standard InChI is InChI=1S/C15H19BrN4O4S/c1-4-20(5-2)25(23,24)11-7-13(19(3)9-11)15(22)18-12-6-10(16)8-17-14(12)21/h6-9H,4-5H2,1-3H3,(H,17,21)(H,18,22). The van der Waals surface area contributed by atoms with E-state index in [2.05, 4.69) is 26.2 Å². The molecule has 2 aromatic rings. The summed E-state index contributed by atoms with van der Waals surface area (Å²) >= 11 is 3.21. The van der Waals surface area contributed by atoms with Crippen LogP contribution in [0.15, 0.2) is 38.7 Å². The summed E-state index contributed by atoms with van der Waals surface area (Å²) in [5, 5.41) is 2.49. The Labute approximate surface area is 154 Å². The van der Waals surface area contributed by atoms with Crippen molar-refractivity contribution in [2.75, 3.05) is 18.4 Å². The van der Waals surface area contributed by atoms with E-state index in [1.54, 1.807) is 20.9 Å². The SMILES string of the molecule is CCN(CC)S(=O)(=O)c1cc(C(=O)Nc2cc(Br)c[nH]c2=O)n(C)c1. The van der Waals surface area contributed by atoms with Crippen molar-refractivity contribution < 1.29 is 13.2 Å². The average Bonchev–Trinajstić information content (AvgIpc) is 2.94. The number of pyridine rings is 1. The highest BCUT2D eigenvalue weighted by atomic mass is 79.9. The van der Waals surface area contributed by atoms with Gasteiger partial charge in [-0.1, -0.05) is 13.8 Å². The third-order valence-corrected chi connectivity index (χ3v) is 6.14.